The predicted molar refractivity (Wildman–Crippen MR) is 81.4 cm³/mol. The second-order valence-corrected chi connectivity index (χ2v) is 6.06. The minimum atomic E-state index is -0.200. The van der Waals surface area contributed by atoms with Crippen LogP contribution in [0, 0.1) is 5.82 Å². The van der Waals surface area contributed by atoms with Crippen molar-refractivity contribution in [1.82, 2.24) is 9.55 Å². The third-order valence-electron chi connectivity index (χ3n) is 3.37. The largest absolute Gasteiger partial charge is 0.322 e. The SMILES string of the molecule is CC(Sc1nc2ccccc2n1C)c1ccc(F)cc1. The molecular formula is C16H15FN2S. The highest BCUT2D eigenvalue weighted by Crippen LogP contribution is 2.35. The summed E-state index contributed by atoms with van der Waals surface area (Å²) < 4.78 is 15.1. The predicted octanol–water partition coefficient (Wildman–Crippen LogP) is 4.57. The van der Waals surface area contributed by atoms with E-state index in [1.165, 1.54) is 12.1 Å². The molecule has 3 rings (SSSR count). The molecule has 1 aromatic heterocycles. The number of imidazole rings is 1. The van der Waals surface area contributed by atoms with E-state index in [-0.39, 0.29) is 11.1 Å². The molecule has 3 aromatic rings. The number of aromatic nitrogens is 2. The summed E-state index contributed by atoms with van der Waals surface area (Å²) in [6.45, 7) is 2.11. The number of thioether (sulfide) groups is 1. The summed E-state index contributed by atoms with van der Waals surface area (Å²) in [4.78, 5) is 4.65. The summed E-state index contributed by atoms with van der Waals surface area (Å²) in [5, 5.41) is 1.20. The average Bonchev–Trinajstić information content (AvgIpc) is 2.77. The van der Waals surface area contributed by atoms with Gasteiger partial charge in [0, 0.05) is 12.3 Å². The van der Waals surface area contributed by atoms with Crippen LogP contribution >= 0.6 is 11.8 Å². The maximum atomic E-state index is 13.0. The molecule has 0 N–H and O–H groups in total. The molecule has 0 amide bonds. The van der Waals surface area contributed by atoms with E-state index >= 15 is 0 Å². The van der Waals surface area contributed by atoms with E-state index < -0.39 is 0 Å². The van der Waals surface area contributed by atoms with Crippen molar-refractivity contribution in [2.45, 2.75) is 17.3 Å². The monoisotopic (exact) mass is 286 g/mol. The van der Waals surface area contributed by atoms with Gasteiger partial charge in [0.15, 0.2) is 5.16 Å². The first-order valence-electron chi connectivity index (χ1n) is 6.49. The lowest BCUT2D eigenvalue weighted by Crippen LogP contribution is -1.94. The van der Waals surface area contributed by atoms with Crippen molar-refractivity contribution in [3.05, 3.63) is 59.9 Å². The molecule has 1 unspecified atom stereocenters. The van der Waals surface area contributed by atoms with Gasteiger partial charge in [-0.25, -0.2) is 9.37 Å². The fourth-order valence-corrected chi connectivity index (χ4v) is 3.21. The fraction of sp³-hybridized carbons (Fsp3) is 0.188. The molecule has 0 aliphatic carbocycles. The van der Waals surface area contributed by atoms with Crippen molar-refractivity contribution in [2.75, 3.05) is 0 Å². The average molecular weight is 286 g/mol. The quantitative estimate of drug-likeness (QED) is 0.657. The van der Waals surface area contributed by atoms with E-state index in [1.54, 1.807) is 11.8 Å². The molecular weight excluding hydrogens is 271 g/mol. The van der Waals surface area contributed by atoms with Gasteiger partial charge < -0.3 is 4.57 Å². The number of hydrogen-bond donors (Lipinski definition) is 0. The Balaban J connectivity index is 1.89. The van der Waals surface area contributed by atoms with Crippen LogP contribution in [0.25, 0.3) is 11.0 Å². The van der Waals surface area contributed by atoms with Crippen LogP contribution in [0.3, 0.4) is 0 Å². The standard InChI is InChI=1S/C16H15FN2S/c1-11(12-7-9-13(17)10-8-12)20-16-18-14-5-3-4-6-15(14)19(16)2/h3-11H,1-2H3. The summed E-state index contributed by atoms with van der Waals surface area (Å²) in [5.74, 6) is -0.200. The van der Waals surface area contributed by atoms with E-state index in [1.807, 2.05) is 37.4 Å². The first kappa shape index (κ1) is 13.2. The third kappa shape index (κ3) is 2.43. The summed E-state index contributed by atoms with van der Waals surface area (Å²) in [6, 6.07) is 14.7. The van der Waals surface area contributed by atoms with Gasteiger partial charge in [0.05, 0.1) is 11.0 Å². The van der Waals surface area contributed by atoms with Gasteiger partial charge in [-0.05, 0) is 36.8 Å². The lowest BCUT2D eigenvalue weighted by atomic mass is 10.2. The van der Waals surface area contributed by atoms with Crippen LogP contribution < -0.4 is 0 Å². The van der Waals surface area contributed by atoms with E-state index in [0.717, 1.165) is 21.8 Å². The lowest BCUT2D eigenvalue weighted by molar-refractivity contribution is 0.627. The third-order valence-corrected chi connectivity index (χ3v) is 4.57. The maximum Gasteiger partial charge on any atom is 0.169 e. The highest BCUT2D eigenvalue weighted by atomic mass is 32.2. The Morgan fingerprint density at radius 3 is 2.50 bits per heavy atom. The molecule has 0 spiro atoms. The van der Waals surface area contributed by atoms with Crippen LogP contribution in [0.2, 0.25) is 0 Å². The Labute approximate surface area is 121 Å². The number of benzene rings is 2. The first-order valence-corrected chi connectivity index (χ1v) is 7.36. The molecule has 1 heterocycles. The van der Waals surface area contributed by atoms with Gasteiger partial charge in [0.1, 0.15) is 5.82 Å². The Kier molecular flexibility index (Phi) is 3.49. The van der Waals surface area contributed by atoms with Gasteiger partial charge in [-0.1, -0.05) is 36.0 Å². The normalized spacial score (nSPS) is 12.8. The molecule has 2 aromatic carbocycles. The molecule has 0 saturated heterocycles. The number of hydrogen-bond acceptors (Lipinski definition) is 2. The van der Waals surface area contributed by atoms with E-state index in [2.05, 4.69) is 22.5 Å². The summed E-state index contributed by atoms with van der Waals surface area (Å²) in [6.07, 6.45) is 0. The summed E-state index contributed by atoms with van der Waals surface area (Å²) >= 11 is 1.68. The Bertz CT molecular complexity index is 734. The second-order valence-electron chi connectivity index (χ2n) is 4.75. The van der Waals surface area contributed by atoms with Gasteiger partial charge >= 0.3 is 0 Å². The van der Waals surface area contributed by atoms with Crippen molar-refractivity contribution in [3.63, 3.8) is 0 Å². The molecule has 0 radical (unpaired) electrons. The van der Waals surface area contributed by atoms with E-state index in [4.69, 9.17) is 0 Å². The van der Waals surface area contributed by atoms with Crippen molar-refractivity contribution < 1.29 is 4.39 Å². The van der Waals surface area contributed by atoms with E-state index in [0.29, 0.717) is 0 Å². The van der Waals surface area contributed by atoms with Crippen molar-refractivity contribution in [2.24, 2.45) is 7.05 Å². The molecule has 0 aliphatic heterocycles. The van der Waals surface area contributed by atoms with Crippen LogP contribution in [-0.4, -0.2) is 9.55 Å². The minimum Gasteiger partial charge on any atom is -0.322 e. The molecule has 4 heteroatoms. The minimum absolute atomic E-state index is 0.200. The number of aryl methyl sites for hydroxylation is 1. The highest BCUT2D eigenvalue weighted by molar-refractivity contribution is 7.99. The molecule has 20 heavy (non-hydrogen) atoms. The lowest BCUT2D eigenvalue weighted by Gasteiger charge is -2.11. The molecule has 102 valence electrons. The molecule has 2 nitrogen and oxygen atoms in total. The fourth-order valence-electron chi connectivity index (χ4n) is 2.19. The smallest absolute Gasteiger partial charge is 0.169 e. The van der Waals surface area contributed by atoms with Crippen LogP contribution in [-0.2, 0) is 7.05 Å². The first-order chi connectivity index (χ1) is 9.65. The summed E-state index contributed by atoms with van der Waals surface area (Å²) in [5.41, 5.74) is 3.23. The molecule has 0 bridgehead atoms. The van der Waals surface area contributed by atoms with Gasteiger partial charge in [0.2, 0.25) is 0 Å². The molecule has 0 aliphatic rings. The van der Waals surface area contributed by atoms with Crippen LogP contribution in [0.15, 0.2) is 53.7 Å². The van der Waals surface area contributed by atoms with Crippen LogP contribution in [0.4, 0.5) is 4.39 Å². The molecule has 1 atom stereocenters. The zero-order valence-electron chi connectivity index (χ0n) is 11.4. The molecule has 0 saturated carbocycles. The van der Waals surface area contributed by atoms with Crippen LogP contribution in [0.5, 0.6) is 0 Å². The van der Waals surface area contributed by atoms with Gasteiger partial charge in [-0.2, -0.15) is 0 Å². The number of para-hydroxylation sites is 2. The Hall–Kier alpha value is -1.81. The summed E-state index contributed by atoms with van der Waals surface area (Å²) in [7, 11) is 2.02. The van der Waals surface area contributed by atoms with Crippen molar-refractivity contribution in [1.29, 1.82) is 0 Å². The van der Waals surface area contributed by atoms with Gasteiger partial charge in [0.25, 0.3) is 0 Å². The maximum absolute atomic E-state index is 13.0. The van der Waals surface area contributed by atoms with Crippen molar-refractivity contribution >= 4 is 22.8 Å². The Morgan fingerprint density at radius 2 is 1.80 bits per heavy atom. The van der Waals surface area contributed by atoms with Crippen LogP contribution in [0.1, 0.15) is 17.7 Å². The number of nitrogens with zero attached hydrogens (tertiary/aromatic N) is 2. The molecule has 0 fully saturated rings. The number of rotatable bonds is 3. The van der Waals surface area contributed by atoms with Gasteiger partial charge in [-0.15, -0.1) is 0 Å². The van der Waals surface area contributed by atoms with Crippen molar-refractivity contribution in [3.8, 4) is 0 Å². The Morgan fingerprint density at radius 1 is 1.10 bits per heavy atom. The number of halogens is 1. The second kappa shape index (κ2) is 5.29. The highest BCUT2D eigenvalue weighted by Gasteiger charge is 2.13. The van der Waals surface area contributed by atoms with Gasteiger partial charge in [-0.3, -0.25) is 0 Å². The number of fused-ring (bicyclic) bond motifs is 1. The topological polar surface area (TPSA) is 17.8 Å². The van der Waals surface area contributed by atoms with E-state index in [9.17, 15) is 4.39 Å². The zero-order valence-corrected chi connectivity index (χ0v) is 12.2. The zero-order chi connectivity index (χ0) is 14.1.